The summed E-state index contributed by atoms with van der Waals surface area (Å²) in [5.41, 5.74) is 3.12. The smallest absolute Gasteiger partial charge is 0.259 e. The summed E-state index contributed by atoms with van der Waals surface area (Å²) in [6.45, 7) is 1.49. The molecule has 7 nitrogen and oxygen atoms in total. The highest BCUT2D eigenvalue weighted by atomic mass is 32.1. The third-order valence-corrected chi connectivity index (χ3v) is 5.73. The molecule has 2 aromatic rings. The topological polar surface area (TPSA) is 75.6 Å². The summed E-state index contributed by atoms with van der Waals surface area (Å²) >= 11 is 1.53. The standard InChI is InChI=1S/C18H20N4O3S/c1-25-16-15(3-2-6-19-16)18(24)21-7-12-4-5-14(9-21)22(17(12)23)8-13-10-26-11-20-13/h2-3,6,10-12,14H,4-5,7-9H2,1H3/t12-,14+/m0/s1. The summed E-state index contributed by atoms with van der Waals surface area (Å²) in [7, 11) is 1.50. The molecule has 2 amide bonds. The SMILES string of the molecule is COc1ncccc1C(=O)N1C[C@@H]2CC[C@H](C1)N(Cc1cscn1)C2=O. The Morgan fingerprint density at radius 3 is 3.00 bits per heavy atom. The number of piperidine rings is 1. The van der Waals surface area contributed by atoms with Crippen LogP contribution in [0.3, 0.4) is 0 Å². The second-order valence-electron chi connectivity index (χ2n) is 6.64. The number of fused-ring (bicyclic) bond motifs is 4. The van der Waals surface area contributed by atoms with Crippen molar-refractivity contribution in [1.82, 2.24) is 19.8 Å². The molecule has 0 unspecified atom stereocenters. The van der Waals surface area contributed by atoms with E-state index in [-0.39, 0.29) is 23.8 Å². The molecule has 8 heteroatoms. The fraction of sp³-hybridized carbons (Fsp3) is 0.444. The van der Waals surface area contributed by atoms with Crippen LogP contribution in [0, 0.1) is 5.92 Å². The van der Waals surface area contributed by atoms with E-state index in [1.165, 1.54) is 18.4 Å². The molecule has 3 aliphatic heterocycles. The van der Waals surface area contributed by atoms with E-state index < -0.39 is 0 Å². The van der Waals surface area contributed by atoms with Gasteiger partial charge in [0.25, 0.3) is 5.91 Å². The molecule has 0 aliphatic carbocycles. The Labute approximate surface area is 155 Å². The van der Waals surface area contributed by atoms with Crippen LogP contribution in [0.2, 0.25) is 0 Å². The van der Waals surface area contributed by atoms with Crippen molar-refractivity contribution in [3.63, 3.8) is 0 Å². The molecular formula is C18H20N4O3S. The fourth-order valence-electron chi connectivity index (χ4n) is 3.79. The number of carbonyl (C=O) groups excluding carboxylic acids is 2. The summed E-state index contributed by atoms with van der Waals surface area (Å²) in [5, 5.41) is 1.97. The second-order valence-corrected chi connectivity index (χ2v) is 7.36. The number of hydrogen-bond acceptors (Lipinski definition) is 6. The minimum absolute atomic E-state index is 0.0227. The monoisotopic (exact) mass is 372 g/mol. The van der Waals surface area contributed by atoms with Gasteiger partial charge in [0.2, 0.25) is 11.8 Å². The first kappa shape index (κ1) is 17.0. The van der Waals surface area contributed by atoms with E-state index >= 15 is 0 Å². The summed E-state index contributed by atoms with van der Waals surface area (Å²) < 4.78 is 5.23. The van der Waals surface area contributed by atoms with Gasteiger partial charge in [0.1, 0.15) is 5.56 Å². The van der Waals surface area contributed by atoms with Crippen molar-refractivity contribution in [1.29, 1.82) is 0 Å². The van der Waals surface area contributed by atoms with Gasteiger partial charge in [-0.15, -0.1) is 11.3 Å². The number of pyridine rings is 1. The van der Waals surface area contributed by atoms with E-state index in [9.17, 15) is 9.59 Å². The zero-order chi connectivity index (χ0) is 18.1. The van der Waals surface area contributed by atoms with Crippen molar-refractivity contribution in [3.05, 3.63) is 40.5 Å². The van der Waals surface area contributed by atoms with Crippen LogP contribution in [-0.2, 0) is 11.3 Å². The van der Waals surface area contributed by atoms with Gasteiger partial charge in [-0.2, -0.15) is 0 Å². The molecular weight excluding hydrogens is 352 g/mol. The van der Waals surface area contributed by atoms with Gasteiger partial charge >= 0.3 is 0 Å². The number of ether oxygens (including phenoxy) is 1. The van der Waals surface area contributed by atoms with E-state index in [0.29, 0.717) is 31.1 Å². The number of nitrogens with zero attached hydrogens (tertiary/aromatic N) is 4. The third kappa shape index (κ3) is 3.05. The van der Waals surface area contributed by atoms with Crippen LogP contribution < -0.4 is 4.74 Å². The third-order valence-electron chi connectivity index (χ3n) is 5.09. The Morgan fingerprint density at radius 1 is 1.35 bits per heavy atom. The van der Waals surface area contributed by atoms with Crippen LogP contribution in [0.25, 0.3) is 0 Å². The number of aromatic nitrogens is 2. The average molecular weight is 372 g/mol. The molecule has 136 valence electrons. The van der Waals surface area contributed by atoms with Crippen molar-refractivity contribution in [2.45, 2.75) is 25.4 Å². The molecule has 0 aromatic carbocycles. The number of thiazole rings is 1. The van der Waals surface area contributed by atoms with Gasteiger partial charge in [-0.05, 0) is 25.0 Å². The van der Waals surface area contributed by atoms with Gasteiger partial charge in [0, 0.05) is 30.7 Å². The van der Waals surface area contributed by atoms with E-state index in [4.69, 9.17) is 4.74 Å². The predicted octanol–water partition coefficient (Wildman–Crippen LogP) is 1.81. The van der Waals surface area contributed by atoms with Crippen LogP contribution >= 0.6 is 11.3 Å². The quantitative estimate of drug-likeness (QED) is 0.818. The predicted molar refractivity (Wildman–Crippen MR) is 95.9 cm³/mol. The second kappa shape index (κ2) is 7.03. The molecule has 2 aromatic heterocycles. The molecule has 2 atom stereocenters. The van der Waals surface area contributed by atoms with Crippen molar-refractivity contribution >= 4 is 23.2 Å². The van der Waals surface area contributed by atoms with E-state index in [1.807, 2.05) is 10.3 Å². The van der Waals surface area contributed by atoms with Crippen LogP contribution in [0.5, 0.6) is 5.88 Å². The highest BCUT2D eigenvalue weighted by Crippen LogP contribution is 2.31. The lowest BCUT2D eigenvalue weighted by atomic mass is 9.94. The van der Waals surface area contributed by atoms with Gasteiger partial charge in [-0.25, -0.2) is 9.97 Å². The number of hydrogen-bond donors (Lipinski definition) is 0. The minimum atomic E-state index is -0.154. The minimum Gasteiger partial charge on any atom is -0.480 e. The number of amides is 2. The molecule has 3 fully saturated rings. The number of carbonyl (C=O) groups is 2. The Hall–Kier alpha value is -2.48. The highest BCUT2D eigenvalue weighted by Gasteiger charge is 2.42. The summed E-state index contributed by atoms with van der Waals surface area (Å²) in [4.78, 5) is 38.0. The van der Waals surface area contributed by atoms with E-state index in [1.54, 1.807) is 28.7 Å². The summed E-state index contributed by atoms with van der Waals surface area (Å²) in [6.07, 6.45) is 3.33. The van der Waals surface area contributed by atoms with Gasteiger partial charge < -0.3 is 14.5 Å². The molecule has 0 saturated carbocycles. The zero-order valence-corrected chi connectivity index (χ0v) is 15.3. The highest BCUT2D eigenvalue weighted by molar-refractivity contribution is 7.07. The Balaban J connectivity index is 1.57. The van der Waals surface area contributed by atoms with Crippen molar-refractivity contribution in [2.75, 3.05) is 20.2 Å². The molecule has 0 spiro atoms. The fourth-order valence-corrected chi connectivity index (χ4v) is 4.34. The molecule has 5 heterocycles. The first-order valence-electron chi connectivity index (χ1n) is 8.63. The Kier molecular flexibility index (Phi) is 4.58. The maximum Gasteiger partial charge on any atom is 0.259 e. The maximum absolute atomic E-state index is 13.0. The van der Waals surface area contributed by atoms with E-state index in [0.717, 1.165) is 18.5 Å². The lowest BCUT2D eigenvalue weighted by molar-refractivity contribution is -0.140. The summed E-state index contributed by atoms with van der Waals surface area (Å²) in [6, 6.07) is 3.46. The van der Waals surface area contributed by atoms with Gasteiger partial charge in [0.15, 0.2) is 0 Å². The lowest BCUT2D eigenvalue weighted by Crippen LogP contribution is -2.47. The van der Waals surface area contributed by atoms with Crippen molar-refractivity contribution in [3.8, 4) is 5.88 Å². The van der Waals surface area contributed by atoms with Crippen molar-refractivity contribution in [2.24, 2.45) is 5.92 Å². The number of rotatable bonds is 4. The first-order chi connectivity index (χ1) is 12.7. The molecule has 5 rings (SSSR count). The largest absolute Gasteiger partial charge is 0.480 e. The molecule has 2 bridgehead atoms. The van der Waals surface area contributed by atoms with Crippen LogP contribution in [0.15, 0.2) is 29.2 Å². The molecule has 0 N–H and O–H groups in total. The Morgan fingerprint density at radius 2 is 2.23 bits per heavy atom. The first-order valence-corrected chi connectivity index (χ1v) is 9.57. The van der Waals surface area contributed by atoms with Crippen LogP contribution in [-0.4, -0.2) is 57.8 Å². The van der Waals surface area contributed by atoms with Crippen LogP contribution in [0.4, 0.5) is 0 Å². The lowest BCUT2D eigenvalue weighted by Gasteiger charge is -2.35. The van der Waals surface area contributed by atoms with Gasteiger partial charge in [-0.1, -0.05) is 0 Å². The molecule has 3 saturated heterocycles. The number of methoxy groups -OCH3 is 1. The van der Waals surface area contributed by atoms with E-state index in [2.05, 4.69) is 9.97 Å². The normalized spacial score (nSPS) is 22.4. The van der Waals surface area contributed by atoms with Gasteiger partial charge in [0.05, 0.1) is 30.8 Å². The maximum atomic E-state index is 13.0. The van der Waals surface area contributed by atoms with Crippen LogP contribution in [0.1, 0.15) is 28.9 Å². The summed E-state index contributed by atoms with van der Waals surface area (Å²) in [5.74, 6) is 0.164. The molecule has 3 aliphatic rings. The average Bonchev–Trinajstić information content (AvgIpc) is 3.04. The van der Waals surface area contributed by atoms with Gasteiger partial charge in [-0.3, -0.25) is 9.59 Å². The molecule has 0 radical (unpaired) electrons. The Bertz CT molecular complexity index is 811. The molecule has 26 heavy (non-hydrogen) atoms. The zero-order valence-electron chi connectivity index (χ0n) is 14.5. The van der Waals surface area contributed by atoms with Crippen molar-refractivity contribution < 1.29 is 14.3 Å².